The van der Waals surface area contributed by atoms with Gasteiger partial charge in [-0.2, -0.15) is 0 Å². The third-order valence-corrected chi connectivity index (χ3v) is 6.04. The summed E-state index contributed by atoms with van der Waals surface area (Å²) in [6, 6.07) is 13.8. The fourth-order valence-corrected chi connectivity index (χ4v) is 4.35. The van der Waals surface area contributed by atoms with Gasteiger partial charge in [0.05, 0.1) is 18.7 Å². The first-order chi connectivity index (χ1) is 12.5. The van der Waals surface area contributed by atoms with E-state index in [9.17, 15) is 4.79 Å². The number of halogens is 1. The van der Waals surface area contributed by atoms with Gasteiger partial charge >= 0.3 is 0 Å². The van der Waals surface area contributed by atoms with Crippen molar-refractivity contribution in [2.45, 2.75) is 6.04 Å². The van der Waals surface area contributed by atoms with Crippen molar-refractivity contribution in [2.24, 2.45) is 0 Å². The average Bonchev–Trinajstić information content (AvgIpc) is 3.06. The third-order valence-electron chi connectivity index (χ3n) is 4.37. The first kappa shape index (κ1) is 18.9. The summed E-state index contributed by atoms with van der Waals surface area (Å²) in [6.45, 7) is 0.524. The summed E-state index contributed by atoms with van der Waals surface area (Å²) in [5.74, 6) is 0.536. The van der Waals surface area contributed by atoms with Gasteiger partial charge in [0.2, 0.25) is 0 Å². The van der Waals surface area contributed by atoms with E-state index in [1.54, 1.807) is 24.5 Å². The van der Waals surface area contributed by atoms with Gasteiger partial charge in [-0.3, -0.25) is 4.79 Å². The van der Waals surface area contributed by atoms with Crippen molar-refractivity contribution < 1.29 is 9.53 Å². The van der Waals surface area contributed by atoms with Crippen molar-refractivity contribution in [2.75, 3.05) is 27.7 Å². The quantitative estimate of drug-likeness (QED) is 0.613. The molecule has 0 saturated heterocycles. The van der Waals surface area contributed by atoms with Gasteiger partial charge in [-0.1, -0.05) is 18.2 Å². The summed E-state index contributed by atoms with van der Waals surface area (Å²) in [7, 11) is 5.66. The number of hydrogen-bond acceptors (Lipinski definition) is 4. The van der Waals surface area contributed by atoms with Crippen molar-refractivity contribution in [1.82, 2.24) is 10.2 Å². The molecule has 1 amide bonds. The number of ether oxygens (including phenoxy) is 1. The number of carbonyl (C=O) groups excluding carboxylic acids is 1. The molecule has 0 unspecified atom stereocenters. The van der Waals surface area contributed by atoms with Crippen LogP contribution in [-0.2, 0) is 0 Å². The molecule has 3 rings (SSSR count). The number of thiophene rings is 1. The normalized spacial score (nSPS) is 12.3. The van der Waals surface area contributed by atoms with Gasteiger partial charge in [0.1, 0.15) is 5.75 Å². The number of nitrogens with zero attached hydrogens (tertiary/aromatic N) is 1. The Kier molecular flexibility index (Phi) is 5.96. The van der Waals surface area contributed by atoms with Crippen LogP contribution in [0.2, 0.25) is 0 Å². The van der Waals surface area contributed by atoms with E-state index in [1.165, 1.54) is 15.6 Å². The molecule has 26 heavy (non-hydrogen) atoms. The molecule has 3 aromatic rings. The van der Waals surface area contributed by atoms with Gasteiger partial charge in [-0.15, -0.1) is 11.3 Å². The number of carbonyl (C=O) groups is 1. The number of benzene rings is 2. The van der Waals surface area contributed by atoms with Crippen LogP contribution in [0.15, 0.2) is 52.3 Å². The predicted molar refractivity (Wildman–Crippen MR) is 111 cm³/mol. The van der Waals surface area contributed by atoms with Crippen molar-refractivity contribution in [3.63, 3.8) is 0 Å². The Hall–Kier alpha value is -1.89. The van der Waals surface area contributed by atoms with Crippen LogP contribution in [-0.4, -0.2) is 38.6 Å². The molecule has 0 bridgehead atoms. The summed E-state index contributed by atoms with van der Waals surface area (Å²) < 4.78 is 7.23. The SMILES string of the molecule is COc1ccc(Br)c(C(=O)NC[C@@H](c2csc3ccccc23)N(C)C)c1. The topological polar surface area (TPSA) is 41.6 Å². The van der Waals surface area contributed by atoms with Gasteiger partial charge in [0, 0.05) is 15.7 Å². The Morgan fingerprint density at radius 3 is 2.77 bits per heavy atom. The molecule has 0 aliphatic heterocycles. The standard InChI is InChI=1S/C20H21BrN2O2S/c1-23(2)18(16-12-26-19-7-5-4-6-14(16)19)11-22-20(24)15-10-13(25-3)8-9-17(15)21/h4-10,12,18H,11H2,1-3H3,(H,22,24)/t18-/m0/s1. The van der Waals surface area contributed by atoms with E-state index in [2.05, 4.69) is 55.8 Å². The Balaban J connectivity index is 1.80. The van der Waals surface area contributed by atoms with Crippen LogP contribution < -0.4 is 10.1 Å². The fourth-order valence-electron chi connectivity index (χ4n) is 2.92. The van der Waals surface area contributed by atoms with Crippen LogP contribution in [0.5, 0.6) is 5.75 Å². The van der Waals surface area contributed by atoms with E-state index in [-0.39, 0.29) is 11.9 Å². The lowest BCUT2D eigenvalue weighted by Crippen LogP contribution is -2.34. The molecule has 0 fully saturated rings. The summed E-state index contributed by atoms with van der Waals surface area (Å²) in [5.41, 5.74) is 1.80. The van der Waals surface area contributed by atoms with Crippen molar-refractivity contribution in [3.8, 4) is 5.75 Å². The third kappa shape index (κ3) is 3.92. The van der Waals surface area contributed by atoms with E-state index in [0.717, 1.165) is 4.47 Å². The van der Waals surface area contributed by atoms with Crippen LogP contribution in [0.25, 0.3) is 10.1 Å². The second-order valence-corrected chi connectivity index (χ2v) is 7.99. The second kappa shape index (κ2) is 8.20. The van der Waals surface area contributed by atoms with Crippen LogP contribution in [0.1, 0.15) is 22.0 Å². The number of amides is 1. The minimum Gasteiger partial charge on any atom is -0.497 e. The number of likely N-dealkylation sites (N-methyl/N-ethyl adjacent to an activating group) is 1. The molecule has 1 N–H and O–H groups in total. The van der Waals surface area contributed by atoms with Gasteiger partial charge in [-0.25, -0.2) is 0 Å². The van der Waals surface area contributed by atoms with Crippen LogP contribution in [0, 0.1) is 0 Å². The monoisotopic (exact) mass is 432 g/mol. The molecule has 0 radical (unpaired) electrons. The number of fused-ring (bicyclic) bond motifs is 1. The maximum absolute atomic E-state index is 12.7. The first-order valence-electron chi connectivity index (χ1n) is 8.25. The predicted octanol–water partition coefficient (Wildman–Crippen LogP) is 4.71. The van der Waals surface area contributed by atoms with Crippen molar-refractivity contribution in [1.29, 1.82) is 0 Å². The van der Waals surface area contributed by atoms with Crippen molar-refractivity contribution >= 4 is 43.3 Å². The van der Waals surface area contributed by atoms with Crippen LogP contribution >= 0.6 is 27.3 Å². The van der Waals surface area contributed by atoms with Gasteiger partial charge in [0.25, 0.3) is 5.91 Å². The lowest BCUT2D eigenvalue weighted by Gasteiger charge is -2.24. The van der Waals surface area contributed by atoms with E-state index >= 15 is 0 Å². The van der Waals surface area contributed by atoms with E-state index in [0.29, 0.717) is 17.9 Å². The summed E-state index contributed by atoms with van der Waals surface area (Å²) in [4.78, 5) is 14.8. The lowest BCUT2D eigenvalue weighted by atomic mass is 10.0. The van der Waals surface area contributed by atoms with Crippen LogP contribution in [0.4, 0.5) is 0 Å². The Morgan fingerprint density at radius 2 is 2.04 bits per heavy atom. The molecule has 136 valence electrons. The molecule has 2 aromatic carbocycles. The van der Waals surface area contributed by atoms with E-state index in [4.69, 9.17) is 4.74 Å². The number of nitrogens with one attached hydrogen (secondary N) is 1. The smallest absolute Gasteiger partial charge is 0.252 e. The van der Waals surface area contributed by atoms with Gasteiger partial charge < -0.3 is 15.0 Å². The molecule has 0 saturated carbocycles. The van der Waals surface area contributed by atoms with Gasteiger partial charge in [0.15, 0.2) is 0 Å². The second-order valence-electron chi connectivity index (χ2n) is 6.22. The first-order valence-corrected chi connectivity index (χ1v) is 9.93. The summed E-state index contributed by atoms with van der Waals surface area (Å²) >= 11 is 5.18. The Morgan fingerprint density at radius 1 is 1.27 bits per heavy atom. The average molecular weight is 433 g/mol. The maximum Gasteiger partial charge on any atom is 0.252 e. The zero-order valence-electron chi connectivity index (χ0n) is 15.0. The molecular formula is C20H21BrN2O2S. The molecule has 0 spiro atoms. The van der Waals surface area contributed by atoms with E-state index in [1.807, 2.05) is 26.2 Å². The minimum atomic E-state index is -0.123. The molecule has 0 aliphatic carbocycles. The molecule has 6 heteroatoms. The molecule has 4 nitrogen and oxygen atoms in total. The number of rotatable bonds is 6. The van der Waals surface area contributed by atoms with Gasteiger partial charge in [-0.05, 0) is 70.6 Å². The molecule has 1 aromatic heterocycles. The summed E-state index contributed by atoms with van der Waals surface area (Å²) in [6.07, 6.45) is 0. The van der Waals surface area contributed by atoms with E-state index < -0.39 is 0 Å². The molecular weight excluding hydrogens is 412 g/mol. The highest BCUT2D eigenvalue weighted by atomic mass is 79.9. The largest absolute Gasteiger partial charge is 0.497 e. The lowest BCUT2D eigenvalue weighted by molar-refractivity contribution is 0.0941. The van der Waals surface area contributed by atoms with Crippen molar-refractivity contribution in [3.05, 3.63) is 63.4 Å². The van der Waals surface area contributed by atoms with Crippen LogP contribution in [0.3, 0.4) is 0 Å². The number of methoxy groups -OCH3 is 1. The fraction of sp³-hybridized carbons (Fsp3) is 0.250. The highest BCUT2D eigenvalue weighted by Crippen LogP contribution is 2.32. The Bertz CT molecular complexity index is 923. The highest BCUT2D eigenvalue weighted by molar-refractivity contribution is 9.10. The summed E-state index contributed by atoms with van der Waals surface area (Å²) in [5, 5.41) is 6.49. The maximum atomic E-state index is 12.7. The highest BCUT2D eigenvalue weighted by Gasteiger charge is 2.20. The molecule has 1 atom stereocenters. The zero-order valence-corrected chi connectivity index (χ0v) is 17.4. The number of hydrogen-bond donors (Lipinski definition) is 1. The minimum absolute atomic E-state index is 0.0967. The molecule has 0 aliphatic rings. The Labute approximate surface area is 165 Å². The zero-order chi connectivity index (χ0) is 18.7. The molecule has 1 heterocycles.